The average Bonchev–Trinajstić information content (AvgIpc) is 2.86. The molecule has 1 atom stereocenters. The fourth-order valence-electron chi connectivity index (χ4n) is 2.85. The number of rotatable bonds is 1. The van der Waals surface area contributed by atoms with Gasteiger partial charge in [-0.3, -0.25) is 0 Å². The summed E-state index contributed by atoms with van der Waals surface area (Å²) in [5, 5.41) is 2.39. The maximum Gasteiger partial charge on any atom is 0.135 e. The lowest BCUT2D eigenvalue weighted by molar-refractivity contribution is 0.669. The number of para-hydroxylation sites is 1. The fraction of sp³-hybridized carbons (Fsp3) is 0.158. The molecule has 0 saturated carbocycles. The predicted octanol–water partition coefficient (Wildman–Crippen LogP) is 5.57. The van der Waals surface area contributed by atoms with Crippen molar-refractivity contribution >= 4 is 27.5 Å². The van der Waals surface area contributed by atoms with Crippen LogP contribution >= 0.6 is 0 Å². The summed E-state index contributed by atoms with van der Waals surface area (Å²) in [6.07, 6.45) is 7.97. The summed E-state index contributed by atoms with van der Waals surface area (Å²) < 4.78 is 5.87. The quantitative estimate of drug-likeness (QED) is 0.558. The van der Waals surface area contributed by atoms with Crippen LogP contribution in [0.25, 0.3) is 27.5 Å². The van der Waals surface area contributed by atoms with E-state index in [-0.39, 0.29) is 0 Å². The predicted molar refractivity (Wildman–Crippen MR) is 84.6 cm³/mol. The molecule has 0 N–H and O–H groups in total. The largest absolute Gasteiger partial charge is 0.456 e. The van der Waals surface area contributed by atoms with E-state index in [0.717, 1.165) is 17.6 Å². The summed E-state index contributed by atoms with van der Waals surface area (Å²) in [6, 6.07) is 14.7. The molecule has 3 aromatic rings. The van der Waals surface area contributed by atoms with Gasteiger partial charge in [-0.05, 0) is 41.7 Å². The van der Waals surface area contributed by atoms with Crippen molar-refractivity contribution in [3.05, 3.63) is 66.3 Å². The SMILES string of the molecule is CC1C=CC(c2ccc3oc4ccccc4c3c2)=CC1. The Kier molecular flexibility index (Phi) is 2.53. The van der Waals surface area contributed by atoms with E-state index in [9.17, 15) is 0 Å². The zero-order valence-electron chi connectivity index (χ0n) is 11.5. The number of allylic oxidation sites excluding steroid dienone is 4. The van der Waals surface area contributed by atoms with Gasteiger partial charge in [0, 0.05) is 10.8 Å². The summed E-state index contributed by atoms with van der Waals surface area (Å²) in [7, 11) is 0. The normalized spacial score (nSPS) is 18.6. The molecule has 1 aliphatic rings. The molecule has 0 radical (unpaired) electrons. The van der Waals surface area contributed by atoms with Crippen molar-refractivity contribution in [1.82, 2.24) is 0 Å². The van der Waals surface area contributed by atoms with Gasteiger partial charge in [0.05, 0.1) is 0 Å². The highest BCUT2D eigenvalue weighted by atomic mass is 16.3. The molecule has 20 heavy (non-hydrogen) atoms. The summed E-state index contributed by atoms with van der Waals surface area (Å²) in [6.45, 7) is 2.25. The standard InChI is InChI=1S/C19H16O/c1-13-6-8-14(9-7-13)15-10-11-19-17(12-15)16-4-2-3-5-18(16)20-19/h2-6,8-13H,7H2,1H3. The van der Waals surface area contributed by atoms with Crippen molar-refractivity contribution in [2.75, 3.05) is 0 Å². The molecule has 4 rings (SSSR count). The lowest BCUT2D eigenvalue weighted by Crippen LogP contribution is -1.93. The van der Waals surface area contributed by atoms with E-state index in [1.54, 1.807) is 0 Å². The van der Waals surface area contributed by atoms with Crippen LogP contribution in [0.3, 0.4) is 0 Å². The van der Waals surface area contributed by atoms with E-state index in [4.69, 9.17) is 4.42 Å². The van der Waals surface area contributed by atoms with Crippen LogP contribution in [0, 0.1) is 5.92 Å². The van der Waals surface area contributed by atoms with E-state index >= 15 is 0 Å². The molecule has 1 unspecified atom stereocenters. The minimum Gasteiger partial charge on any atom is -0.456 e. The van der Waals surface area contributed by atoms with Crippen molar-refractivity contribution in [1.29, 1.82) is 0 Å². The topological polar surface area (TPSA) is 13.1 Å². The lowest BCUT2D eigenvalue weighted by atomic mass is 9.93. The molecule has 0 amide bonds. The Morgan fingerprint density at radius 2 is 1.85 bits per heavy atom. The van der Waals surface area contributed by atoms with Crippen LogP contribution in [0.15, 0.2) is 65.1 Å². The molecular weight excluding hydrogens is 244 g/mol. The van der Waals surface area contributed by atoms with Gasteiger partial charge in [0.25, 0.3) is 0 Å². The van der Waals surface area contributed by atoms with Crippen LogP contribution in [0.4, 0.5) is 0 Å². The highest BCUT2D eigenvalue weighted by Crippen LogP contribution is 2.32. The van der Waals surface area contributed by atoms with E-state index in [2.05, 4.69) is 55.5 Å². The lowest BCUT2D eigenvalue weighted by Gasteiger charge is -2.11. The first kappa shape index (κ1) is 11.5. The van der Waals surface area contributed by atoms with Crippen LogP contribution in [-0.4, -0.2) is 0 Å². The number of hydrogen-bond acceptors (Lipinski definition) is 1. The maximum atomic E-state index is 5.87. The van der Waals surface area contributed by atoms with Gasteiger partial charge < -0.3 is 4.42 Å². The van der Waals surface area contributed by atoms with Crippen LogP contribution < -0.4 is 0 Å². The first-order valence-corrected chi connectivity index (χ1v) is 7.11. The minimum absolute atomic E-state index is 0.650. The van der Waals surface area contributed by atoms with Gasteiger partial charge in [0.1, 0.15) is 11.2 Å². The fourth-order valence-corrected chi connectivity index (χ4v) is 2.85. The number of hydrogen-bond donors (Lipinski definition) is 0. The number of fused-ring (bicyclic) bond motifs is 3. The monoisotopic (exact) mass is 260 g/mol. The Balaban J connectivity index is 1.90. The van der Waals surface area contributed by atoms with Crippen LogP contribution in [0.2, 0.25) is 0 Å². The summed E-state index contributed by atoms with van der Waals surface area (Å²) in [4.78, 5) is 0. The summed E-state index contributed by atoms with van der Waals surface area (Å²) in [5.74, 6) is 0.650. The second-order valence-corrected chi connectivity index (χ2v) is 5.54. The highest BCUT2D eigenvalue weighted by Gasteiger charge is 2.10. The molecule has 1 heterocycles. The third-order valence-electron chi connectivity index (χ3n) is 4.02. The second kappa shape index (κ2) is 4.38. The van der Waals surface area contributed by atoms with Crippen molar-refractivity contribution in [3.63, 3.8) is 0 Å². The molecule has 98 valence electrons. The molecular formula is C19H16O. The molecule has 1 aliphatic carbocycles. The van der Waals surface area contributed by atoms with Crippen LogP contribution in [0.5, 0.6) is 0 Å². The zero-order chi connectivity index (χ0) is 13.5. The van der Waals surface area contributed by atoms with Gasteiger partial charge in [0.15, 0.2) is 0 Å². The van der Waals surface area contributed by atoms with Crippen molar-refractivity contribution in [3.8, 4) is 0 Å². The van der Waals surface area contributed by atoms with Crippen molar-refractivity contribution < 1.29 is 4.42 Å². The minimum atomic E-state index is 0.650. The summed E-state index contributed by atoms with van der Waals surface area (Å²) in [5.41, 5.74) is 4.51. The molecule has 0 fully saturated rings. The molecule has 0 spiro atoms. The maximum absolute atomic E-state index is 5.87. The Morgan fingerprint density at radius 1 is 1.00 bits per heavy atom. The Labute approximate surface area is 118 Å². The Hall–Kier alpha value is -2.28. The van der Waals surface area contributed by atoms with Gasteiger partial charge in [-0.15, -0.1) is 0 Å². The third-order valence-corrected chi connectivity index (χ3v) is 4.02. The first-order chi connectivity index (χ1) is 9.81. The van der Waals surface area contributed by atoms with E-state index in [1.807, 2.05) is 12.1 Å². The molecule has 0 aliphatic heterocycles. The number of furan rings is 1. The smallest absolute Gasteiger partial charge is 0.135 e. The zero-order valence-corrected chi connectivity index (χ0v) is 11.5. The highest BCUT2D eigenvalue weighted by molar-refractivity contribution is 6.06. The molecule has 0 bridgehead atoms. The average molecular weight is 260 g/mol. The van der Waals surface area contributed by atoms with Crippen molar-refractivity contribution in [2.24, 2.45) is 5.92 Å². The van der Waals surface area contributed by atoms with Crippen LogP contribution in [-0.2, 0) is 0 Å². The summed E-state index contributed by atoms with van der Waals surface area (Å²) >= 11 is 0. The number of benzene rings is 2. The molecule has 1 heteroatoms. The second-order valence-electron chi connectivity index (χ2n) is 5.54. The van der Waals surface area contributed by atoms with Crippen LogP contribution in [0.1, 0.15) is 18.9 Å². The van der Waals surface area contributed by atoms with Gasteiger partial charge in [-0.1, -0.05) is 49.4 Å². The van der Waals surface area contributed by atoms with Crippen molar-refractivity contribution in [2.45, 2.75) is 13.3 Å². The van der Waals surface area contributed by atoms with E-state index in [1.165, 1.54) is 21.9 Å². The molecule has 2 aromatic carbocycles. The molecule has 1 nitrogen and oxygen atoms in total. The van der Waals surface area contributed by atoms with E-state index in [0.29, 0.717) is 5.92 Å². The molecule has 0 saturated heterocycles. The van der Waals surface area contributed by atoms with Gasteiger partial charge in [0.2, 0.25) is 0 Å². The van der Waals surface area contributed by atoms with E-state index < -0.39 is 0 Å². The first-order valence-electron chi connectivity index (χ1n) is 7.11. The Bertz CT molecular complexity index is 848. The van der Waals surface area contributed by atoms with Gasteiger partial charge in [-0.2, -0.15) is 0 Å². The van der Waals surface area contributed by atoms with Gasteiger partial charge in [-0.25, -0.2) is 0 Å². The third kappa shape index (κ3) is 1.78. The molecule has 1 aromatic heterocycles. The Morgan fingerprint density at radius 3 is 2.70 bits per heavy atom. The van der Waals surface area contributed by atoms with Gasteiger partial charge >= 0.3 is 0 Å².